The zero-order valence-electron chi connectivity index (χ0n) is 27.1. The molecule has 2 aromatic carbocycles. The number of halogens is 2. The predicted octanol–water partition coefficient (Wildman–Crippen LogP) is 5.61. The molecule has 2 fully saturated rings. The van der Waals surface area contributed by atoms with Gasteiger partial charge in [0.15, 0.2) is 0 Å². The van der Waals surface area contributed by atoms with Crippen molar-refractivity contribution in [2.75, 3.05) is 38.7 Å². The van der Waals surface area contributed by atoms with Crippen LogP contribution in [0.1, 0.15) is 29.3 Å². The van der Waals surface area contributed by atoms with Crippen LogP contribution in [0.5, 0.6) is 5.88 Å². The largest absolute Gasteiger partial charge is 0.481 e. The third kappa shape index (κ3) is 5.41. The Labute approximate surface area is 292 Å². The Morgan fingerprint density at radius 2 is 1.80 bits per heavy atom. The van der Waals surface area contributed by atoms with Gasteiger partial charge in [0.1, 0.15) is 18.0 Å². The second-order valence-electron chi connectivity index (χ2n) is 12.9. The Morgan fingerprint density at radius 3 is 2.55 bits per heavy atom. The molecule has 1 aliphatic carbocycles. The van der Waals surface area contributed by atoms with E-state index in [2.05, 4.69) is 31.7 Å². The monoisotopic (exact) mass is 697 g/mol. The molecular formula is C36H33Cl2N7O4. The first-order chi connectivity index (χ1) is 23.6. The van der Waals surface area contributed by atoms with Crippen molar-refractivity contribution in [2.45, 2.75) is 31.4 Å². The second kappa shape index (κ2) is 12.1. The van der Waals surface area contributed by atoms with Crippen LogP contribution in [0, 0.1) is 6.92 Å². The molecule has 49 heavy (non-hydrogen) atoms. The highest BCUT2D eigenvalue weighted by molar-refractivity contribution is 6.39. The van der Waals surface area contributed by atoms with E-state index >= 15 is 0 Å². The number of amides is 1. The van der Waals surface area contributed by atoms with E-state index in [1.807, 2.05) is 49.4 Å². The molecule has 0 unspecified atom stereocenters. The summed E-state index contributed by atoms with van der Waals surface area (Å²) in [7, 11) is 3.25. The van der Waals surface area contributed by atoms with Crippen molar-refractivity contribution in [3.63, 3.8) is 0 Å². The summed E-state index contributed by atoms with van der Waals surface area (Å²) in [4.78, 5) is 36.6. The topological polar surface area (TPSA) is 124 Å². The van der Waals surface area contributed by atoms with Crippen molar-refractivity contribution in [1.29, 1.82) is 0 Å². The number of anilines is 2. The lowest BCUT2D eigenvalue weighted by atomic mass is 9.89. The maximum atomic E-state index is 13.0. The minimum atomic E-state index is -0.321. The molecule has 3 aliphatic rings. The summed E-state index contributed by atoms with van der Waals surface area (Å²) in [5, 5.41) is 12.4. The minimum Gasteiger partial charge on any atom is -0.481 e. The summed E-state index contributed by atoms with van der Waals surface area (Å²) < 4.78 is 13.1. The van der Waals surface area contributed by atoms with Gasteiger partial charge in [0.2, 0.25) is 11.8 Å². The van der Waals surface area contributed by atoms with Gasteiger partial charge in [0.05, 0.1) is 40.1 Å². The first-order valence-corrected chi connectivity index (χ1v) is 16.8. The van der Waals surface area contributed by atoms with Crippen molar-refractivity contribution in [2.24, 2.45) is 7.05 Å². The van der Waals surface area contributed by atoms with Crippen molar-refractivity contribution in [1.82, 2.24) is 30.0 Å². The van der Waals surface area contributed by atoms with E-state index < -0.39 is 0 Å². The standard InChI is InChI=1S/C36H33Cl2N7O4/c1-19-12-21-14-40-44(2)35(47)30(21)33(41-19)42-25-9-5-7-23(32(25)38)22-6-4-8-24(31(22)37)26-13-20-10-11-27(29(20)34(43-26)48-3)45-17-36(18-45)16-39-28(46)15-49-36/h4-9,12-14,27H,10-11,15-18H2,1-3H3,(H,39,46)(H,41,42)/t27-/m1/s1. The number of fused-ring (bicyclic) bond motifs is 2. The summed E-state index contributed by atoms with van der Waals surface area (Å²) in [6.45, 7) is 3.99. The summed E-state index contributed by atoms with van der Waals surface area (Å²) in [6.07, 6.45) is 3.47. The molecule has 0 saturated carbocycles. The zero-order valence-corrected chi connectivity index (χ0v) is 28.7. The van der Waals surface area contributed by atoms with Gasteiger partial charge in [-0.2, -0.15) is 5.10 Å². The molecule has 2 aliphatic heterocycles. The summed E-state index contributed by atoms with van der Waals surface area (Å²) in [5.41, 5.74) is 5.93. The average molecular weight is 699 g/mol. The number of carbonyl (C=O) groups is 1. The van der Waals surface area contributed by atoms with Crippen LogP contribution in [-0.2, 0) is 23.0 Å². The normalized spacial score (nSPS) is 18.3. The van der Waals surface area contributed by atoms with Crippen LogP contribution in [0.25, 0.3) is 33.2 Å². The number of aryl methyl sites for hydroxylation is 3. The SMILES string of the molecule is COc1nc(-c2cccc(-c3cccc(Nc4nc(C)cc5cnn(C)c(=O)c45)c3Cl)c2Cl)cc2c1[C@H](N1CC3(CNC(=O)CO3)C1)CC2. The van der Waals surface area contributed by atoms with Crippen LogP contribution in [-0.4, -0.2) is 69.5 Å². The Balaban J connectivity index is 1.11. The van der Waals surface area contributed by atoms with Gasteiger partial charge in [0, 0.05) is 66.1 Å². The molecule has 3 aromatic heterocycles. The van der Waals surface area contributed by atoms with E-state index in [4.69, 9.17) is 37.7 Å². The third-order valence-corrected chi connectivity index (χ3v) is 10.6. The highest BCUT2D eigenvalue weighted by Crippen LogP contribution is 2.47. The van der Waals surface area contributed by atoms with Gasteiger partial charge >= 0.3 is 0 Å². The molecule has 1 amide bonds. The van der Waals surface area contributed by atoms with Gasteiger partial charge in [-0.3, -0.25) is 14.5 Å². The molecule has 13 heteroatoms. The average Bonchev–Trinajstić information content (AvgIpc) is 3.50. The first kappa shape index (κ1) is 31.7. The van der Waals surface area contributed by atoms with Crippen molar-refractivity contribution in [3.05, 3.63) is 91.9 Å². The van der Waals surface area contributed by atoms with Crippen LogP contribution >= 0.6 is 23.2 Å². The molecule has 2 saturated heterocycles. The Kier molecular flexibility index (Phi) is 7.83. The predicted molar refractivity (Wildman–Crippen MR) is 189 cm³/mol. The van der Waals surface area contributed by atoms with Crippen LogP contribution < -0.4 is 20.9 Å². The molecule has 250 valence electrons. The smallest absolute Gasteiger partial charge is 0.278 e. The number of benzene rings is 2. The van der Waals surface area contributed by atoms with Crippen LogP contribution in [0.3, 0.4) is 0 Å². The molecular weight excluding hydrogens is 665 g/mol. The van der Waals surface area contributed by atoms with E-state index in [1.165, 1.54) is 10.2 Å². The number of ether oxygens (including phenoxy) is 2. The van der Waals surface area contributed by atoms with Crippen LogP contribution in [0.15, 0.2) is 59.5 Å². The number of pyridine rings is 2. The molecule has 1 spiro atoms. The molecule has 8 rings (SSSR count). The van der Waals surface area contributed by atoms with Crippen molar-refractivity contribution >= 4 is 51.4 Å². The van der Waals surface area contributed by atoms with Gasteiger partial charge < -0.3 is 20.1 Å². The zero-order chi connectivity index (χ0) is 34.0. The Bertz CT molecular complexity index is 2220. The highest BCUT2D eigenvalue weighted by atomic mass is 35.5. The van der Waals surface area contributed by atoms with Crippen molar-refractivity contribution in [3.8, 4) is 28.3 Å². The molecule has 5 aromatic rings. The molecule has 0 bridgehead atoms. The summed E-state index contributed by atoms with van der Waals surface area (Å²) >= 11 is 14.2. The number of rotatable bonds is 6. The number of hydrogen-bond acceptors (Lipinski definition) is 9. The summed E-state index contributed by atoms with van der Waals surface area (Å²) in [6, 6.07) is 15.5. The fourth-order valence-corrected chi connectivity index (χ4v) is 7.92. The van der Waals surface area contributed by atoms with E-state index in [1.54, 1.807) is 20.4 Å². The number of methoxy groups -OCH3 is 1. The number of carbonyl (C=O) groups excluding carboxylic acids is 1. The number of likely N-dealkylation sites (tertiary alicyclic amines) is 1. The maximum absolute atomic E-state index is 13.0. The number of aromatic nitrogens is 4. The maximum Gasteiger partial charge on any atom is 0.278 e. The fourth-order valence-electron chi connectivity index (χ4n) is 7.32. The van der Waals surface area contributed by atoms with Gasteiger partial charge in [-0.15, -0.1) is 0 Å². The van der Waals surface area contributed by atoms with Gasteiger partial charge in [-0.1, -0.05) is 53.5 Å². The van der Waals surface area contributed by atoms with Crippen molar-refractivity contribution < 1.29 is 14.3 Å². The van der Waals surface area contributed by atoms with Crippen LogP contribution in [0.2, 0.25) is 10.0 Å². The second-order valence-corrected chi connectivity index (χ2v) is 13.7. The molecule has 5 heterocycles. The molecule has 0 radical (unpaired) electrons. The van der Waals surface area contributed by atoms with Gasteiger partial charge in [-0.05, 0) is 43.5 Å². The first-order valence-electron chi connectivity index (χ1n) is 16.1. The Hall–Kier alpha value is -4.55. The molecule has 1 atom stereocenters. The van der Waals surface area contributed by atoms with Crippen LogP contribution in [0.4, 0.5) is 11.5 Å². The summed E-state index contributed by atoms with van der Waals surface area (Å²) in [5.74, 6) is 0.914. The van der Waals surface area contributed by atoms with E-state index in [0.29, 0.717) is 56.0 Å². The molecule has 11 nitrogen and oxygen atoms in total. The third-order valence-electron chi connectivity index (χ3n) is 9.74. The van der Waals surface area contributed by atoms with Gasteiger partial charge in [0.25, 0.3) is 5.56 Å². The highest BCUT2D eigenvalue weighted by Gasteiger charge is 2.50. The molecule has 2 N–H and O–H groups in total. The van der Waals surface area contributed by atoms with E-state index in [0.717, 1.165) is 48.3 Å². The lowest BCUT2D eigenvalue weighted by Crippen LogP contribution is -2.70. The minimum absolute atomic E-state index is 0.0671. The lowest BCUT2D eigenvalue weighted by molar-refractivity contribution is -0.179. The number of hydrogen-bond donors (Lipinski definition) is 2. The number of nitrogens with one attached hydrogen (secondary N) is 2. The Morgan fingerprint density at radius 1 is 1.04 bits per heavy atom. The number of morpholine rings is 1. The van der Waals surface area contributed by atoms with Gasteiger partial charge in [-0.25, -0.2) is 14.6 Å². The van der Waals surface area contributed by atoms with E-state index in [9.17, 15) is 9.59 Å². The quantitative estimate of drug-likeness (QED) is 0.233. The lowest BCUT2D eigenvalue weighted by Gasteiger charge is -2.53. The number of nitrogens with zero attached hydrogens (tertiary/aromatic N) is 5. The fraction of sp³-hybridized carbons (Fsp3) is 0.306. The van der Waals surface area contributed by atoms with E-state index in [-0.39, 0.29) is 29.7 Å².